The number of carbonyl (C=O) groups is 1. The maximum Gasteiger partial charge on any atom is 0.331 e. The second-order valence-corrected chi connectivity index (χ2v) is 5.69. The Morgan fingerprint density at radius 3 is 3.04 bits per heavy atom. The molecule has 0 radical (unpaired) electrons. The number of carbonyl (C=O) groups excluding carboxylic acids is 1. The van der Waals surface area contributed by atoms with E-state index in [9.17, 15) is 4.79 Å². The summed E-state index contributed by atoms with van der Waals surface area (Å²) in [6, 6.07) is 11.2. The molecule has 0 saturated carbocycles. The number of aromatic nitrogens is 1. The summed E-state index contributed by atoms with van der Waals surface area (Å²) < 4.78 is 15.5. The molecular formula is C18H15NO4S. The number of furan rings is 1. The number of hydrogen-bond donors (Lipinski definition) is 0. The van der Waals surface area contributed by atoms with Gasteiger partial charge in [0.15, 0.2) is 0 Å². The predicted octanol–water partition coefficient (Wildman–Crippen LogP) is 4.17. The zero-order chi connectivity index (χ0) is 16.8. The molecule has 5 nitrogen and oxygen atoms in total. The summed E-state index contributed by atoms with van der Waals surface area (Å²) in [4.78, 5) is 16.2. The fourth-order valence-corrected chi connectivity index (χ4v) is 2.79. The standard InChI is InChI=1S/C18H15NO4S/c1-21-16-5-2-4-13(10-16)18-19-14(12-24-18)11-23-17(20)8-7-15-6-3-9-22-15/h2-10,12H,11H2,1H3/b8-7+. The molecule has 0 spiro atoms. The Labute approximate surface area is 143 Å². The zero-order valence-corrected chi connectivity index (χ0v) is 13.8. The highest BCUT2D eigenvalue weighted by Crippen LogP contribution is 2.27. The highest BCUT2D eigenvalue weighted by atomic mass is 32.1. The first-order valence-corrected chi connectivity index (χ1v) is 8.10. The fraction of sp³-hybridized carbons (Fsp3) is 0.111. The van der Waals surface area contributed by atoms with E-state index in [1.165, 1.54) is 17.4 Å². The van der Waals surface area contributed by atoms with Gasteiger partial charge in [0.25, 0.3) is 0 Å². The first kappa shape index (κ1) is 16.0. The molecule has 0 aliphatic heterocycles. The highest BCUT2D eigenvalue weighted by molar-refractivity contribution is 7.13. The van der Waals surface area contributed by atoms with E-state index in [1.807, 2.05) is 29.6 Å². The van der Waals surface area contributed by atoms with E-state index in [-0.39, 0.29) is 6.61 Å². The van der Waals surface area contributed by atoms with Crippen LogP contribution in [-0.2, 0) is 16.1 Å². The van der Waals surface area contributed by atoms with Gasteiger partial charge in [-0.3, -0.25) is 0 Å². The van der Waals surface area contributed by atoms with Gasteiger partial charge in [-0.2, -0.15) is 0 Å². The third-order valence-corrected chi connectivity index (χ3v) is 4.10. The first-order chi connectivity index (χ1) is 11.7. The molecule has 0 atom stereocenters. The normalized spacial score (nSPS) is 10.9. The van der Waals surface area contributed by atoms with Crippen LogP contribution in [0.25, 0.3) is 16.6 Å². The van der Waals surface area contributed by atoms with Crippen LogP contribution in [0.5, 0.6) is 5.75 Å². The lowest BCUT2D eigenvalue weighted by atomic mass is 10.2. The van der Waals surface area contributed by atoms with Crippen molar-refractivity contribution in [2.24, 2.45) is 0 Å². The van der Waals surface area contributed by atoms with Crippen molar-refractivity contribution in [3.05, 3.63) is 65.6 Å². The number of rotatable bonds is 6. The van der Waals surface area contributed by atoms with Crippen LogP contribution in [0.15, 0.2) is 58.5 Å². The Morgan fingerprint density at radius 2 is 2.25 bits per heavy atom. The molecule has 0 amide bonds. The molecular weight excluding hydrogens is 326 g/mol. The molecule has 0 N–H and O–H groups in total. The van der Waals surface area contributed by atoms with E-state index < -0.39 is 5.97 Å². The Hall–Kier alpha value is -2.86. The van der Waals surface area contributed by atoms with Crippen LogP contribution >= 0.6 is 11.3 Å². The van der Waals surface area contributed by atoms with Crippen LogP contribution in [0.4, 0.5) is 0 Å². The summed E-state index contributed by atoms with van der Waals surface area (Å²) in [7, 11) is 1.63. The molecule has 0 saturated heterocycles. The third-order valence-electron chi connectivity index (χ3n) is 3.16. The molecule has 3 aromatic rings. The molecule has 1 aromatic carbocycles. The number of ether oxygens (including phenoxy) is 2. The molecule has 24 heavy (non-hydrogen) atoms. The van der Waals surface area contributed by atoms with Crippen LogP contribution < -0.4 is 4.74 Å². The number of esters is 1. The Morgan fingerprint density at radius 1 is 1.33 bits per heavy atom. The van der Waals surface area contributed by atoms with Gasteiger partial charge in [-0.15, -0.1) is 11.3 Å². The summed E-state index contributed by atoms with van der Waals surface area (Å²) in [5.74, 6) is 0.932. The maximum absolute atomic E-state index is 11.7. The van der Waals surface area contributed by atoms with Crippen molar-refractivity contribution in [3.8, 4) is 16.3 Å². The van der Waals surface area contributed by atoms with Crippen molar-refractivity contribution >= 4 is 23.4 Å². The lowest BCUT2D eigenvalue weighted by Crippen LogP contribution is -2.00. The van der Waals surface area contributed by atoms with Crippen molar-refractivity contribution in [1.29, 1.82) is 0 Å². The van der Waals surface area contributed by atoms with Crippen molar-refractivity contribution in [2.75, 3.05) is 7.11 Å². The molecule has 2 heterocycles. The summed E-state index contributed by atoms with van der Waals surface area (Å²) in [6.07, 6.45) is 4.43. The van der Waals surface area contributed by atoms with E-state index in [4.69, 9.17) is 13.9 Å². The number of hydrogen-bond acceptors (Lipinski definition) is 6. The Bertz CT molecular complexity index is 836. The smallest absolute Gasteiger partial charge is 0.331 e. The molecule has 6 heteroatoms. The first-order valence-electron chi connectivity index (χ1n) is 7.22. The molecule has 3 rings (SSSR count). The molecule has 0 aliphatic rings. The Kier molecular flexibility index (Phi) is 5.08. The van der Waals surface area contributed by atoms with Gasteiger partial charge in [-0.05, 0) is 30.3 Å². The molecule has 2 aromatic heterocycles. The summed E-state index contributed by atoms with van der Waals surface area (Å²) >= 11 is 1.49. The average molecular weight is 341 g/mol. The minimum atomic E-state index is -0.442. The van der Waals surface area contributed by atoms with Gasteiger partial charge in [0.2, 0.25) is 0 Å². The molecule has 122 valence electrons. The highest BCUT2D eigenvalue weighted by Gasteiger charge is 2.07. The van der Waals surface area contributed by atoms with Gasteiger partial charge < -0.3 is 13.9 Å². The maximum atomic E-state index is 11.7. The fourth-order valence-electron chi connectivity index (χ4n) is 1.99. The van der Waals surface area contributed by atoms with E-state index in [2.05, 4.69) is 4.98 Å². The van der Waals surface area contributed by atoms with Gasteiger partial charge >= 0.3 is 5.97 Å². The van der Waals surface area contributed by atoms with E-state index >= 15 is 0 Å². The van der Waals surface area contributed by atoms with Crippen LogP contribution in [0.1, 0.15) is 11.5 Å². The minimum Gasteiger partial charge on any atom is -0.497 e. The topological polar surface area (TPSA) is 61.6 Å². The lowest BCUT2D eigenvalue weighted by Gasteiger charge is -2.01. The van der Waals surface area contributed by atoms with Gasteiger partial charge in [-0.25, -0.2) is 9.78 Å². The van der Waals surface area contributed by atoms with Crippen LogP contribution in [0, 0.1) is 0 Å². The predicted molar refractivity (Wildman–Crippen MR) is 91.6 cm³/mol. The molecule has 0 fully saturated rings. The third kappa shape index (κ3) is 4.11. The van der Waals surface area contributed by atoms with Gasteiger partial charge in [0, 0.05) is 17.0 Å². The number of benzene rings is 1. The van der Waals surface area contributed by atoms with Crippen molar-refractivity contribution in [3.63, 3.8) is 0 Å². The summed E-state index contributed by atoms with van der Waals surface area (Å²) in [5, 5.41) is 2.73. The van der Waals surface area contributed by atoms with Gasteiger partial charge in [0.05, 0.1) is 19.1 Å². The molecule has 0 aliphatic carbocycles. The van der Waals surface area contributed by atoms with Crippen LogP contribution in [0.2, 0.25) is 0 Å². The quantitative estimate of drug-likeness (QED) is 0.497. The Balaban J connectivity index is 1.58. The number of methoxy groups -OCH3 is 1. The SMILES string of the molecule is COc1cccc(-c2nc(COC(=O)/C=C/c3ccco3)cs2)c1. The molecule has 0 bridgehead atoms. The van der Waals surface area contributed by atoms with E-state index in [0.717, 1.165) is 16.3 Å². The van der Waals surface area contributed by atoms with E-state index in [1.54, 1.807) is 31.6 Å². The number of nitrogens with zero attached hydrogens (tertiary/aromatic N) is 1. The van der Waals surface area contributed by atoms with E-state index in [0.29, 0.717) is 11.5 Å². The summed E-state index contributed by atoms with van der Waals surface area (Å²) in [6.45, 7) is 0.127. The lowest BCUT2D eigenvalue weighted by molar-refractivity contribution is -0.139. The van der Waals surface area contributed by atoms with Gasteiger partial charge in [0.1, 0.15) is 23.1 Å². The summed E-state index contributed by atoms with van der Waals surface area (Å²) in [5.41, 5.74) is 1.67. The molecule has 0 unspecified atom stereocenters. The van der Waals surface area contributed by atoms with Crippen molar-refractivity contribution in [1.82, 2.24) is 4.98 Å². The monoisotopic (exact) mass is 341 g/mol. The second kappa shape index (κ2) is 7.61. The largest absolute Gasteiger partial charge is 0.497 e. The van der Waals surface area contributed by atoms with Gasteiger partial charge in [-0.1, -0.05) is 12.1 Å². The minimum absolute atomic E-state index is 0.127. The average Bonchev–Trinajstić information content (AvgIpc) is 3.30. The van der Waals surface area contributed by atoms with Crippen LogP contribution in [0.3, 0.4) is 0 Å². The van der Waals surface area contributed by atoms with Crippen molar-refractivity contribution < 1.29 is 18.7 Å². The van der Waals surface area contributed by atoms with Crippen LogP contribution in [-0.4, -0.2) is 18.1 Å². The zero-order valence-electron chi connectivity index (χ0n) is 13.0. The second-order valence-electron chi connectivity index (χ2n) is 4.83. The van der Waals surface area contributed by atoms with Crippen molar-refractivity contribution in [2.45, 2.75) is 6.61 Å². The number of thiazole rings is 1.